The molecular weight excluding hydrogens is 218 g/mol. The fraction of sp³-hybridized carbons (Fsp3) is 0.583. The molecule has 4 heteroatoms. The average molecular weight is 237 g/mol. The van der Waals surface area contributed by atoms with E-state index < -0.39 is 0 Å². The van der Waals surface area contributed by atoms with Gasteiger partial charge < -0.3 is 10.6 Å². The number of thiophene rings is 1. The van der Waals surface area contributed by atoms with Gasteiger partial charge in [-0.3, -0.25) is 5.41 Å². The van der Waals surface area contributed by atoms with Crippen LogP contribution in [0.1, 0.15) is 24.1 Å². The van der Waals surface area contributed by atoms with Gasteiger partial charge in [0.05, 0.1) is 5.84 Å². The van der Waals surface area contributed by atoms with Crippen LogP contribution in [0, 0.1) is 10.8 Å². The van der Waals surface area contributed by atoms with E-state index in [-0.39, 0.29) is 0 Å². The Hall–Kier alpha value is -0.870. The second-order valence-electron chi connectivity index (χ2n) is 4.95. The van der Waals surface area contributed by atoms with Gasteiger partial charge in [-0.05, 0) is 36.8 Å². The molecule has 3 N–H and O–H groups in total. The van der Waals surface area contributed by atoms with Crippen molar-refractivity contribution < 1.29 is 0 Å². The Labute approximate surface area is 101 Å². The minimum absolute atomic E-state index is 0.317. The fourth-order valence-electron chi connectivity index (χ4n) is 2.27. The van der Waals surface area contributed by atoms with Gasteiger partial charge in [0, 0.05) is 24.4 Å². The van der Waals surface area contributed by atoms with Crippen molar-refractivity contribution in [3.63, 3.8) is 0 Å². The molecule has 0 atom stereocenters. The molecule has 0 aromatic carbocycles. The Morgan fingerprint density at radius 3 is 2.88 bits per heavy atom. The fourth-order valence-corrected chi connectivity index (χ4v) is 3.05. The summed E-state index contributed by atoms with van der Waals surface area (Å²) >= 11 is 1.80. The van der Waals surface area contributed by atoms with Crippen LogP contribution >= 0.6 is 11.3 Å². The van der Waals surface area contributed by atoms with Crippen molar-refractivity contribution in [2.75, 3.05) is 13.6 Å². The van der Waals surface area contributed by atoms with Gasteiger partial charge in [-0.15, -0.1) is 11.3 Å². The quantitative estimate of drug-likeness (QED) is 0.589. The van der Waals surface area contributed by atoms with Crippen LogP contribution in [0.25, 0.3) is 0 Å². The second kappa shape index (κ2) is 4.55. The Kier molecular flexibility index (Phi) is 3.30. The van der Waals surface area contributed by atoms with E-state index in [2.05, 4.69) is 29.5 Å². The van der Waals surface area contributed by atoms with Gasteiger partial charge in [0.15, 0.2) is 0 Å². The first-order chi connectivity index (χ1) is 7.60. The third-order valence-electron chi connectivity index (χ3n) is 3.13. The third-order valence-corrected chi connectivity index (χ3v) is 3.99. The molecule has 0 radical (unpaired) electrons. The lowest BCUT2D eigenvalue weighted by molar-refractivity contribution is 0.261. The number of nitrogens with zero attached hydrogens (tertiary/aromatic N) is 1. The van der Waals surface area contributed by atoms with Crippen molar-refractivity contribution in [3.05, 3.63) is 22.4 Å². The highest BCUT2D eigenvalue weighted by molar-refractivity contribution is 7.09. The molecule has 0 bridgehead atoms. The van der Waals surface area contributed by atoms with Crippen molar-refractivity contribution in [3.8, 4) is 0 Å². The Morgan fingerprint density at radius 2 is 2.38 bits per heavy atom. The normalized spacial score (nSPS) is 17.6. The molecular formula is C12H19N3S. The van der Waals surface area contributed by atoms with Gasteiger partial charge in [-0.2, -0.15) is 0 Å². The summed E-state index contributed by atoms with van der Waals surface area (Å²) < 4.78 is 0. The Bertz CT molecular complexity index is 354. The van der Waals surface area contributed by atoms with E-state index in [1.807, 2.05) is 0 Å². The summed E-state index contributed by atoms with van der Waals surface area (Å²) in [5.41, 5.74) is 5.81. The van der Waals surface area contributed by atoms with Crippen molar-refractivity contribution in [1.82, 2.24) is 4.90 Å². The maximum absolute atomic E-state index is 7.39. The standard InChI is InChI=1S/C12H19N3S/c1-15(8-10-3-2-6-16-10)9-12(4-5-12)7-11(13)14/h2-3,6H,4-5,7-9H2,1H3,(H3,13,14). The third kappa shape index (κ3) is 3.06. The van der Waals surface area contributed by atoms with E-state index in [1.165, 1.54) is 17.7 Å². The van der Waals surface area contributed by atoms with Gasteiger partial charge in [0.25, 0.3) is 0 Å². The molecule has 1 heterocycles. The van der Waals surface area contributed by atoms with Crippen LogP contribution in [-0.4, -0.2) is 24.3 Å². The summed E-state index contributed by atoms with van der Waals surface area (Å²) in [7, 11) is 2.15. The molecule has 0 unspecified atom stereocenters. The van der Waals surface area contributed by atoms with Crippen LogP contribution in [0.5, 0.6) is 0 Å². The predicted octanol–water partition coefficient (Wildman–Crippen LogP) is 2.29. The summed E-state index contributed by atoms with van der Waals surface area (Å²) in [5.74, 6) is 0.335. The zero-order chi connectivity index (χ0) is 11.6. The van der Waals surface area contributed by atoms with Crippen LogP contribution in [0.4, 0.5) is 0 Å². The first kappa shape index (κ1) is 11.6. The summed E-state index contributed by atoms with van der Waals surface area (Å²) in [6.07, 6.45) is 3.21. The SMILES string of the molecule is CN(Cc1cccs1)CC1(CC(=N)N)CC1. The molecule has 1 saturated carbocycles. The van der Waals surface area contributed by atoms with Gasteiger partial charge in [-0.25, -0.2) is 0 Å². The number of hydrogen-bond acceptors (Lipinski definition) is 3. The topological polar surface area (TPSA) is 53.1 Å². The Morgan fingerprint density at radius 1 is 1.62 bits per heavy atom. The van der Waals surface area contributed by atoms with Crippen LogP contribution in [0.2, 0.25) is 0 Å². The highest BCUT2D eigenvalue weighted by atomic mass is 32.1. The van der Waals surface area contributed by atoms with Crippen molar-refractivity contribution in [1.29, 1.82) is 5.41 Å². The van der Waals surface area contributed by atoms with Gasteiger partial charge in [0.1, 0.15) is 0 Å². The van der Waals surface area contributed by atoms with Gasteiger partial charge >= 0.3 is 0 Å². The molecule has 16 heavy (non-hydrogen) atoms. The van der Waals surface area contributed by atoms with Crippen molar-refractivity contribution in [2.24, 2.45) is 11.1 Å². The zero-order valence-corrected chi connectivity index (χ0v) is 10.5. The summed E-state index contributed by atoms with van der Waals surface area (Å²) in [6.45, 7) is 2.07. The maximum atomic E-state index is 7.39. The van der Waals surface area contributed by atoms with E-state index in [0.717, 1.165) is 19.5 Å². The van der Waals surface area contributed by atoms with E-state index in [4.69, 9.17) is 11.1 Å². The molecule has 1 aliphatic carbocycles. The minimum Gasteiger partial charge on any atom is -0.388 e. The first-order valence-corrected chi connectivity index (χ1v) is 6.51. The summed E-state index contributed by atoms with van der Waals surface area (Å²) in [4.78, 5) is 3.75. The molecule has 1 fully saturated rings. The lowest BCUT2D eigenvalue weighted by Crippen LogP contribution is -2.29. The molecule has 1 aromatic heterocycles. The zero-order valence-electron chi connectivity index (χ0n) is 9.70. The summed E-state index contributed by atoms with van der Waals surface area (Å²) in [5, 5.41) is 9.51. The Balaban J connectivity index is 1.83. The van der Waals surface area contributed by atoms with E-state index >= 15 is 0 Å². The number of nitrogens with one attached hydrogen (secondary N) is 1. The lowest BCUT2D eigenvalue weighted by Gasteiger charge is -2.22. The molecule has 0 spiro atoms. The number of amidine groups is 1. The van der Waals surface area contributed by atoms with Gasteiger partial charge in [0.2, 0.25) is 0 Å². The maximum Gasteiger partial charge on any atom is 0.0911 e. The smallest absolute Gasteiger partial charge is 0.0911 e. The highest BCUT2D eigenvalue weighted by Gasteiger charge is 2.43. The van der Waals surface area contributed by atoms with Crippen LogP contribution in [-0.2, 0) is 6.54 Å². The molecule has 2 rings (SSSR count). The molecule has 0 amide bonds. The molecule has 0 saturated heterocycles. The van der Waals surface area contributed by atoms with Crippen LogP contribution in [0.3, 0.4) is 0 Å². The minimum atomic E-state index is 0.317. The monoisotopic (exact) mass is 237 g/mol. The van der Waals surface area contributed by atoms with Gasteiger partial charge in [-0.1, -0.05) is 6.07 Å². The average Bonchev–Trinajstić information content (AvgIpc) is 2.74. The van der Waals surface area contributed by atoms with Crippen LogP contribution < -0.4 is 5.73 Å². The predicted molar refractivity (Wildman–Crippen MR) is 68.9 cm³/mol. The summed E-state index contributed by atoms with van der Waals surface area (Å²) in [6, 6.07) is 4.27. The molecule has 1 aromatic rings. The molecule has 0 aliphatic heterocycles. The van der Waals surface area contributed by atoms with Crippen molar-refractivity contribution >= 4 is 17.2 Å². The van der Waals surface area contributed by atoms with Crippen LogP contribution in [0.15, 0.2) is 17.5 Å². The largest absolute Gasteiger partial charge is 0.388 e. The van der Waals surface area contributed by atoms with E-state index in [1.54, 1.807) is 11.3 Å². The lowest BCUT2D eigenvalue weighted by atomic mass is 10.0. The second-order valence-corrected chi connectivity index (χ2v) is 5.99. The number of rotatable bonds is 6. The first-order valence-electron chi connectivity index (χ1n) is 5.63. The molecule has 88 valence electrons. The molecule has 1 aliphatic rings. The highest BCUT2D eigenvalue weighted by Crippen LogP contribution is 2.49. The van der Waals surface area contributed by atoms with E-state index in [0.29, 0.717) is 11.3 Å². The van der Waals surface area contributed by atoms with E-state index in [9.17, 15) is 0 Å². The number of nitrogens with two attached hydrogens (primary N) is 1. The number of hydrogen-bond donors (Lipinski definition) is 2. The van der Waals surface area contributed by atoms with Crippen molar-refractivity contribution in [2.45, 2.75) is 25.8 Å². The molecule has 3 nitrogen and oxygen atoms in total.